The first-order valence-electron chi connectivity index (χ1n) is 5.34. The molecular weight excluding hydrogens is 235 g/mol. The van der Waals surface area contributed by atoms with Crippen LogP contribution < -0.4 is 15.8 Å². The van der Waals surface area contributed by atoms with Crippen molar-refractivity contribution in [2.24, 2.45) is 0 Å². The Labute approximate surface area is 104 Å². The Morgan fingerprint density at radius 1 is 1.39 bits per heavy atom. The number of aromatic nitrogens is 2. The highest BCUT2D eigenvalue weighted by atomic mass is 19.1. The first kappa shape index (κ1) is 12.1. The van der Waals surface area contributed by atoms with E-state index in [-0.39, 0.29) is 5.82 Å². The highest BCUT2D eigenvalue weighted by Gasteiger charge is 2.05. The molecule has 0 aliphatic heterocycles. The normalized spacial score (nSPS) is 10.1. The van der Waals surface area contributed by atoms with Crippen molar-refractivity contribution in [3.63, 3.8) is 0 Å². The third kappa shape index (κ3) is 2.85. The number of rotatable bonds is 4. The van der Waals surface area contributed by atoms with Crippen LogP contribution in [0.4, 0.5) is 15.9 Å². The predicted octanol–water partition coefficient (Wildman–Crippen LogP) is 1.82. The number of nitrogens with zero attached hydrogens (tertiary/aromatic N) is 2. The summed E-state index contributed by atoms with van der Waals surface area (Å²) in [7, 11) is 1.52. The van der Waals surface area contributed by atoms with Gasteiger partial charge in [-0.15, -0.1) is 0 Å². The van der Waals surface area contributed by atoms with Crippen LogP contribution in [0.25, 0.3) is 0 Å². The zero-order valence-corrected chi connectivity index (χ0v) is 9.85. The number of hydrogen-bond donors (Lipinski definition) is 2. The minimum Gasteiger partial charge on any atom is -0.495 e. The van der Waals surface area contributed by atoms with Gasteiger partial charge in [0.2, 0.25) is 0 Å². The Bertz CT molecular complexity index is 547. The van der Waals surface area contributed by atoms with Crippen molar-refractivity contribution >= 4 is 11.5 Å². The van der Waals surface area contributed by atoms with Crippen molar-refractivity contribution in [2.45, 2.75) is 6.54 Å². The minimum atomic E-state index is -0.341. The molecule has 5 nitrogen and oxygen atoms in total. The summed E-state index contributed by atoms with van der Waals surface area (Å²) in [6, 6.07) is 5.84. The second-order valence-electron chi connectivity index (χ2n) is 3.60. The minimum absolute atomic E-state index is 0.338. The number of benzene rings is 1. The first-order valence-corrected chi connectivity index (χ1v) is 5.34. The maximum absolute atomic E-state index is 13.1. The average molecular weight is 248 g/mol. The molecule has 0 aliphatic carbocycles. The molecule has 2 rings (SSSR count). The topological polar surface area (TPSA) is 73.1 Å². The third-order valence-corrected chi connectivity index (χ3v) is 2.33. The molecule has 0 fully saturated rings. The van der Waals surface area contributed by atoms with Gasteiger partial charge in [-0.2, -0.15) is 0 Å². The van der Waals surface area contributed by atoms with E-state index >= 15 is 0 Å². The molecule has 18 heavy (non-hydrogen) atoms. The molecule has 0 saturated carbocycles. The Morgan fingerprint density at radius 2 is 2.22 bits per heavy atom. The van der Waals surface area contributed by atoms with Crippen molar-refractivity contribution in [1.82, 2.24) is 9.97 Å². The molecule has 0 radical (unpaired) electrons. The summed E-state index contributed by atoms with van der Waals surface area (Å²) in [5.41, 5.74) is 6.09. The average Bonchev–Trinajstić information content (AvgIpc) is 2.37. The van der Waals surface area contributed by atoms with Crippen LogP contribution in [0.15, 0.2) is 30.5 Å². The molecule has 94 valence electrons. The molecule has 2 aromatic rings. The molecule has 3 N–H and O–H groups in total. The fraction of sp³-hybridized carbons (Fsp3) is 0.167. The molecule has 1 heterocycles. The van der Waals surface area contributed by atoms with E-state index in [2.05, 4.69) is 15.3 Å². The molecule has 6 heteroatoms. The van der Waals surface area contributed by atoms with Gasteiger partial charge < -0.3 is 15.8 Å². The summed E-state index contributed by atoms with van der Waals surface area (Å²) in [5.74, 6) is 1.14. The quantitative estimate of drug-likeness (QED) is 0.863. The lowest BCUT2D eigenvalue weighted by atomic mass is 10.3. The van der Waals surface area contributed by atoms with Crippen molar-refractivity contribution in [1.29, 1.82) is 0 Å². The van der Waals surface area contributed by atoms with Gasteiger partial charge in [0.15, 0.2) is 0 Å². The molecule has 0 unspecified atom stereocenters. The van der Waals surface area contributed by atoms with E-state index in [1.165, 1.54) is 19.2 Å². The van der Waals surface area contributed by atoms with Crippen molar-refractivity contribution < 1.29 is 9.13 Å². The number of nitrogens with one attached hydrogen (secondary N) is 1. The summed E-state index contributed by atoms with van der Waals surface area (Å²) in [4.78, 5) is 8.08. The fourth-order valence-electron chi connectivity index (χ4n) is 1.49. The molecular formula is C12H13FN4O. The zero-order valence-electron chi connectivity index (χ0n) is 9.85. The third-order valence-electron chi connectivity index (χ3n) is 2.33. The van der Waals surface area contributed by atoms with E-state index in [0.29, 0.717) is 29.6 Å². The van der Waals surface area contributed by atoms with E-state index in [4.69, 9.17) is 10.5 Å². The number of methoxy groups -OCH3 is 1. The summed E-state index contributed by atoms with van der Waals surface area (Å²) >= 11 is 0. The van der Waals surface area contributed by atoms with E-state index in [0.717, 1.165) is 0 Å². The molecule has 0 aliphatic rings. The maximum Gasteiger partial charge on any atom is 0.149 e. The Hall–Kier alpha value is -2.37. The fourth-order valence-corrected chi connectivity index (χ4v) is 1.49. The SMILES string of the molecule is COc1ccc(F)cc1NCc1nccc(N)n1. The first-order chi connectivity index (χ1) is 8.69. The van der Waals surface area contributed by atoms with Crippen molar-refractivity contribution in [3.8, 4) is 5.75 Å². The van der Waals surface area contributed by atoms with Gasteiger partial charge in [-0.3, -0.25) is 0 Å². The molecule has 0 bridgehead atoms. The van der Waals surface area contributed by atoms with E-state index in [9.17, 15) is 4.39 Å². The van der Waals surface area contributed by atoms with Crippen LogP contribution in [-0.4, -0.2) is 17.1 Å². The van der Waals surface area contributed by atoms with E-state index < -0.39 is 0 Å². The number of ether oxygens (including phenoxy) is 1. The Balaban J connectivity index is 2.12. The van der Waals surface area contributed by atoms with Gasteiger partial charge in [0.25, 0.3) is 0 Å². The number of anilines is 2. The molecule has 0 atom stereocenters. The molecule has 0 saturated heterocycles. The van der Waals surface area contributed by atoms with Crippen LogP contribution in [0.1, 0.15) is 5.82 Å². The van der Waals surface area contributed by atoms with Crippen LogP contribution in [0.2, 0.25) is 0 Å². The second kappa shape index (κ2) is 5.31. The lowest BCUT2D eigenvalue weighted by Crippen LogP contribution is -2.06. The lowest BCUT2D eigenvalue weighted by molar-refractivity contribution is 0.415. The van der Waals surface area contributed by atoms with Gasteiger partial charge in [-0.1, -0.05) is 0 Å². The van der Waals surface area contributed by atoms with Crippen molar-refractivity contribution in [3.05, 3.63) is 42.1 Å². The van der Waals surface area contributed by atoms with Crippen LogP contribution in [0.5, 0.6) is 5.75 Å². The largest absolute Gasteiger partial charge is 0.495 e. The van der Waals surface area contributed by atoms with Gasteiger partial charge in [0, 0.05) is 12.3 Å². The Kier molecular flexibility index (Phi) is 3.57. The van der Waals surface area contributed by atoms with Gasteiger partial charge in [-0.05, 0) is 18.2 Å². The highest BCUT2D eigenvalue weighted by molar-refractivity contribution is 5.56. The smallest absolute Gasteiger partial charge is 0.149 e. The molecule has 1 aromatic heterocycles. The van der Waals surface area contributed by atoms with Gasteiger partial charge >= 0.3 is 0 Å². The van der Waals surface area contributed by atoms with Crippen molar-refractivity contribution in [2.75, 3.05) is 18.2 Å². The van der Waals surface area contributed by atoms with Gasteiger partial charge in [0.1, 0.15) is 23.2 Å². The maximum atomic E-state index is 13.1. The van der Waals surface area contributed by atoms with E-state index in [1.54, 1.807) is 18.3 Å². The number of hydrogen-bond acceptors (Lipinski definition) is 5. The lowest BCUT2D eigenvalue weighted by Gasteiger charge is -2.10. The summed E-state index contributed by atoms with van der Waals surface area (Å²) in [5, 5.41) is 3.00. The van der Waals surface area contributed by atoms with E-state index in [1.807, 2.05) is 0 Å². The molecule has 0 spiro atoms. The monoisotopic (exact) mass is 248 g/mol. The number of nitrogen functional groups attached to an aromatic ring is 1. The number of halogens is 1. The second-order valence-corrected chi connectivity index (χ2v) is 3.60. The summed E-state index contributed by atoms with van der Waals surface area (Å²) in [6.45, 7) is 0.338. The number of nitrogens with two attached hydrogens (primary N) is 1. The summed E-state index contributed by atoms with van der Waals surface area (Å²) in [6.07, 6.45) is 1.57. The molecule has 0 amide bonds. The van der Waals surface area contributed by atoms with Crippen LogP contribution in [0, 0.1) is 5.82 Å². The van der Waals surface area contributed by atoms with Gasteiger partial charge in [-0.25, -0.2) is 14.4 Å². The predicted molar refractivity (Wildman–Crippen MR) is 66.7 cm³/mol. The standard InChI is InChI=1S/C12H13FN4O/c1-18-10-3-2-8(13)6-9(10)16-7-12-15-5-4-11(14)17-12/h2-6,16H,7H2,1H3,(H2,14,15,17). The summed E-state index contributed by atoms with van der Waals surface area (Å²) < 4.78 is 18.2. The zero-order chi connectivity index (χ0) is 13.0. The highest BCUT2D eigenvalue weighted by Crippen LogP contribution is 2.25. The Morgan fingerprint density at radius 3 is 2.94 bits per heavy atom. The van der Waals surface area contributed by atoms with Gasteiger partial charge in [0.05, 0.1) is 19.3 Å². The van der Waals surface area contributed by atoms with Crippen LogP contribution >= 0.6 is 0 Å². The van der Waals surface area contributed by atoms with Crippen LogP contribution in [-0.2, 0) is 6.54 Å². The molecule has 1 aromatic carbocycles. The van der Waals surface area contributed by atoms with Crippen LogP contribution in [0.3, 0.4) is 0 Å².